The second-order valence-electron chi connectivity index (χ2n) is 25.6. The zero-order chi connectivity index (χ0) is 73.4. The first-order valence-corrected chi connectivity index (χ1v) is 34.6. The molecule has 38 heteroatoms. The van der Waals surface area contributed by atoms with Gasteiger partial charge in [0.15, 0.2) is 30.0 Å². The molecule has 5 fully saturated rings. The molecule has 576 valence electrons. The highest BCUT2D eigenvalue weighted by molar-refractivity contribution is 6.53. The van der Waals surface area contributed by atoms with Gasteiger partial charge in [0.05, 0.1) is 63.9 Å². The van der Waals surface area contributed by atoms with Crippen molar-refractivity contribution in [2.45, 2.75) is 306 Å². The van der Waals surface area contributed by atoms with Crippen molar-refractivity contribution in [3.05, 3.63) is 0 Å². The van der Waals surface area contributed by atoms with E-state index in [1.807, 2.05) is 0 Å². The highest BCUT2D eigenvalue weighted by atomic mass is 35.5. The first-order chi connectivity index (χ1) is 47.0. The number of carboxylic acid groups (broad SMARTS) is 1. The van der Waals surface area contributed by atoms with E-state index in [9.17, 15) is 111 Å². The van der Waals surface area contributed by atoms with Gasteiger partial charge in [-0.15, -0.1) is 0 Å². The summed E-state index contributed by atoms with van der Waals surface area (Å²) in [4.78, 5) is 63.3. The lowest BCUT2D eigenvalue weighted by Gasteiger charge is -2.52. The molecule has 5 aliphatic rings. The van der Waals surface area contributed by atoms with Crippen LogP contribution in [0.2, 0.25) is 0 Å². The number of hydrogen-bond acceptors (Lipinski definition) is 31. The predicted octanol–water partition coefficient (Wildman–Crippen LogP) is -6.38. The zero-order valence-corrected chi connectivity index (χ0v) is 57.1. The van der Waals surface area contributed by atoms with Gasteiger partial charge in [-0.3, -0.25) is 19.2 Å². The Morgan fingerprint density at radius 1 is 0.535 bits per heavy atom. The number of nitrogens with one attached hydrogen (secondary N) is 4. The highest BCUT2D eigenvalue weighted by Crippen LogP contribution is 2.41. The third-order valence-corrected chi connectivity index (χ3v) is 18.4. The molecule has 0 unspecified atom stereocenters. The van der Waals surface area contributed by atoms with E-state index in [0.29, 0.717) is 6.42 Å². The minimum atomic E-state index is -3.41. The van der Waals surface area contributed by atoms with Crippen LogP contribution in [0.4, 0.5) is 0 Å². The maximum atomic E-state index is 13.7. The van der Waals surface area contributed by atoms with Gasteiger partial charge in [-0.05, 0) is 6.42 Å². The molecule has 0 aromatic carbocycles. The summed E-state index contributed by atoms with van der Waals surface area (Å²) in [5.74, 6) is -8.85. The summed E-state index contributed by atoms with van der Waals surface area (Å²) in [5, 5.41) is 197. The van der Waals surface area contributed by atoms with E-state index in [-0.39, 0.29) is 6.42 Å². The van der Waals surface area contributed by atoms with Gasteiger partial charge in [0.2, 0.25) is 17.7 Å². The largest absolute Gasteiger partial charge is 0.477 e. The van der Waals surface area contributed by atoms with Crippen molar-refractivity contribution < 1.29 is 158 Å². The number of ether oxygens (including phenoxy) is 10. The van der Waals surface area contributed by atoms with Crippen LogP contribution < -0.4 is 21.3 Å². The van der Waals surface area contributed by atoms with Crippen LogP contribution in [0.3, 0.4) is 0 Å². The maximum absolute atomic E-state index is 13.7. The highest BCUT2D eigenvalue weighted by Gasteiger charge is 2.62. The summed E-state index contributed by atoms with van der Waals surface area (Å²) in [6.07, 6.45) is -35.3. The molecule has 0 aromatic heterocycles. The van der Waals surface area contributed by atoms with E-state index in [2.05, 4.69) is 28.2 Å². The van der Waals surface area contributed by atoms with Crippen LogP contribution in [0.25, 0.3) is 0 Å². The van der Waals surface area contributed by atoms with Crippen LogP contribution >= 0.6 is 23.2 Å². The number of halogens is 2. The summed E-state index contributed by atoms with van der Waals surface area (Å²) in [5.41, 5.74) is 0. The molecule has 28 atom stereocenters. The number of amides is 4. The molecule has 4 amide bonds. The van der Waals surface area contributed by atoms with Crippen molar-refractivity contribution >= 4 is 52.8 Å². The summed E-state index contributed by atoms with van der Waals surface area (Å²) in [6.45, 7) is -2.82. The van der Waals surface area contributed by atoms with E-state index < -0.39 is 258 Å². The number of hydrogen-bond donors (Lipinski definition) is 21. The molecule has 99 heavy (non-hydrogen) atoms. The van der Waals surface area contributed by atoms with E-state index >= 15 is 0 Å². The lowest BCUT2D eigenvalue weighted by atomic mass is 9.88. The van der Waals surface area contributed by atoms with Crippen molar-refractivity contribution in [1.29, 1.82) is 0 Å². The van der Waals surface area contributed by atoms with Crippen LogP contribution in [0.15, 0.2) is 0 Å². The number of aliphatic hydroxyl groups excluding tert-OH is 16. The van der Waals surface area contributed by atoms with Crippen LogP contribution in [0, 0.1) is 0 Å². The van der Waals surface area contributed by atoms with Crippen molar-refractivity contribution in [3.63, 3.8) is 0 Å². The Kier molecular flexibility index (Phi) is 37.4. The average Bonchev–Trinajstić information content (AvgIpc) is 0.754. The fourth-order valence-corrected chi connectivity index (χ4v) is 12.6. The van der Waals surface area contributed by atoms with Crippen molar-refractivity contribution in [1.82, 2.24) is 21.3 Å². The van der Waals surface area contributed by atoms with Crippen molar-refractivity contribution in [3.8, 4) is 0 Å². The van der Waals surface area contributed by atoms with Gasteiger partial charge in [-0.1, -0.05) is 120 Å². The number of carbonyl (C=O) groups is 5. The second-order valence-corrected chi connectivity index (χ2v) is 26.7. The molecule has 0 aliphatic carbocycles. The summed E-state index contributed by atoms with van der Waals surface area (Å²) >= 11 is 11.4. The van der Waals surface area contributed by atoms with Gasteiger partial charge >= 0.3 is 5.97 Å². The summed E-state index contributed by atoms with van der Waals surface area (Å²) in [6, 6.07) is -5.08. The van der Waals surface area contributed by atoms with Gasteiger partial charge in [0, 0.05) is 33.2 Å². The number of aliphatic hydroxyl groups is 16. The Morgan fingerprint density at radius 3 is 1.55 bits per heavy atom. The summed E-state index contributed by atoms with van der Waals surface area (Å²) in [7, 11) is 0. The molecule has 5 heterocycles. The Hall–Kier alpha value is -3.11. The monoisotopic (exact) mass is 1480 g/mol. The fraction of sp³-hybridized carbons (Fsp3) is 0.918. The topological polar surface area (TPSA) is 570 Å². The minimum absolute atomic E-state index is 0.0189. The van der Waals surface area contributed by atoms with Crippen LogP contribution in [-0.2, 0) is 71.3 Å². The number of carbonyl (C=O) groups excluding carboxylic acids is 4. The molecule has 21 N–H and O–H groups in total. The zero-order valence-electron chi connectivity index (χ0n) is 55.6. The standard InChI is InChI=1S/C61H106Cl2N4O32/c1-4-5-6-7-8-9-10-11-12-13-14-15-16-17-18-19-38(78)67-30(32(76)21-64-55(87)54(62)63)27-90-57-47(85)45(83)49(36(25-71)93-57)95-59-48(86)53(99-61(60(88)89)20-31(75)39(65-28(2)73)52(98-61)41(79)33(77)22-68)50(37(26-72)94-59)96-56-40(66-29(3)74)51(43(81)35(24-70)91-56)97-58-46(84)44(82)42(80)34(23-69)92-58/h30-37,39-54,56-59,68-72,75-77,79-86H,4-27H2,1-3H3,(H,64,87)(H,65,73)(H,66,74)(H,67,78)(H,88,89)/t30-,31-,32+,33+,34+,35+,36+,37+,39+,40+,41+,42-,43-,44-,45+,46+,47+,48+,49+,50-,51+,52+,53+,56-,57+,58-,59-,61-/m0/s1. The van der Waals surface area contributed by atoms with Gasteiger partial charge in [-0.2, -0.15) is 0 Å². The van der Waals surface area contributed by atoms with E-state index in [4.69, 9.17) is 70.6 Å². The predicted molar refractivity (Wildman–Crippen MR) is 337 cm³/mol. The Bertz CT molecular complexity index is 2410. The molecule has 0 spiro atoms. The molecular weight excluding hydrogens is 1370 g/mol. The fourth-order valence-electron chi connectivity index (χ4n) is 12.5. The lowest BCUT2D eigenvalue weighted by molar-refractivity contribution is -0.403. The number of unbranched alkanes of at least 4 members (excludes halogenated alkanes) is 14. The van der Waals surface area contributed by atoms with Crippen molar-refractivity contribution in [2.75, 3.05) is 46.2 Å². The molecule has 0 radical (unpaired) electrons. The normalized spacial score (nSPS) is 36.3. The van der Waals surface area contributed by atoms with E-state index in [0.717, 1.165) is 52.4 Å². The average molecular weight is 1480 g/mol. The molecule has 0 bridgehead atoms. The van der Waals surface area contributed by atoms with Crippen molar-refractivity contribution in [2.24, 2.45) is 0 Å². The Labute approximate surface area is 582 Å². The quantitative estimate of drug-likeness (QED) is 0.0200. The van der Waals surface area contributed by atoms with Crippen LogP contribution in [0.1, 0.15) is 130 Å². The minimum Gasteiger partial charge on any atom is -0.477 e. The Morgan fingerprint density at radius 2 is 1.01 bits per heavy atom. The summed E-state index contributed by atoms with van der Waals surface area (Å²) < 4.78 is 59.3. The maximum Gasteiger partial charge on any atom is 0.364 e. The van der Waals surface area contributed by atoms with Crippen LogP contribution in [0.5, 0.6) is 0 Å². The number of rotatable bonds is 42. The lowest BCUT2D eigenvalue weighted by Crippen LogP contribution is -2.72. The first-order valence-electron chi connectivity index (χ1n) is 33.7. The molecule has 0 saturated carbocycles. The van der Waals surface area contributed by atoms with Gasteiger partial charge in [-0.25, -0.2) is 4.79 Å². The molecule has 36 nitrogen and oxygen atoms in total. The molecule has 5 rings (SSSR count). The molecule has 5 saturated heterocycles. The van der Waals surface area contributed by atoms with Gasteiger partial charge in [0.25, 0.3) is 11.7 Å². The third kappa shape index (κ3) is 24.5. The molecule has 0 aromatic rings. The first kappa shape index (κ1) is 86.5. The van der Waals surface area contributed by atoms with E-state index in [1.54, 1.807) is 0 Å². The SMILES string of the molecule is CCCCCCCCCCCCCCCCCC(=O)N[C@@H](CO[C@@H]1O[C@H](CO)[C@@H](O[C@@H]2O[C@H](CO)[C@H](O[C@@H]3O[C@H](CO)[C@H](O)[C@H](O[C@@H]4O[C@H](CO)[C@H](O)[C@H](O)[C@H]4O)[C@H]3NC(C)=O)[C@H](O[C@]3(C(=O)O)C[C@H](O)[C@@H](NC(C)=O)[C@H]([C@H](O)[C@H](O)CO)O3)[C@H]2O)[C@H](O)[C@H]1O)[C@H](O)CNC(=O)C(Cl)Cl. The Balaban J connectivity index is 1.42. The smallest absolute Gasteiger partial charge is 0.364 e. The number of carboxylic acids is 1. The third-order valence-electron chi connectivity index (χ3n) is 18.0. The van der Waals surface area contributed by atoms with Gasteiger partial charge < -0.3 is 155 Å². The molecular formula is C61H106Cl2N4O32. The van der Waals surface area contributed by atoms with Crippen LogP contribution in [-0.4, -0.2) is 339 Å². The van der Waals surface area contributed by atoms with Gasteiger partial charge in [0.1, 0.15) is 116 Å². The molecule has 5 aliphatic heterocycles. The van der Waals surface area contributed by atoms with E-state index in [1.165, 1.54) is 51.4 Å². The second kappa shape index (κ2) is 42.7. The number of alkyl halides is 2. The number of aliphatic carboxylic acids is 1.